The third kappa shape index (κ3) is 4.80. The summed E-state index contributed by atoms with van der Waals surface area (Å²) in [7, 11) is 0. The van der Waals surface area contributed by atoms with E-state index in [4.69, 9.17) is 4.74 Å². The Bertz CT molecular complexity index is 444. The first-order valence-corrected chi connectivity index (χ1v) is 7.64. The minimum Gasteiger partial charge on any atom is -0.461 e. The molecule has 0 atom stereocenters. The molecule has 1 aromatic rings. The monoisotopic (exact) mass is 299 g/mol. The summed E-state index contributed by atoms with van der Waals surface area (Å²) in [6.45, 7) is 7.95. The Balaban J connectivity index is 2.39. The van der Waals surface area contributed by atoms with Crippen LogP contribution in [-0.4, -0.2) is 48.0 Å². The first-order valence-electron chi connectivity index (χ1n) is 6.76. The van der Waals surface area contributed by atoms with Crippen LogP contribution >= 0.6 is 11.3 Å². The molecule has 1 heterocycles. The van der Waals surface area contributed by atoms with Gasteiger partial charge in [-0.3, -0.25) is 4.79 Å². The van der Waals surface area contributed by atoms with Crippen molar-refractivity contribution in [3.8, 4) is 0 Å². The average molecular weight is 299 g/mol. The third-order valence-electron chi connectivity index (χ3n) is 2.72. The number of hydrogen-bond acceptors (Lipinski definition) is 6. The van der Waals surface area contributed by atoms with Crippen LogP contribution in [0.4, 0.5) is 5.13 Å². The van der Waals surface area contributed by atoms with Crippen molar-refractivity contribution >= 4 is 28.3 Å². The molecule has 20 heavy (non-hydrogen) atoms. The summed E-state index contributed by atoms with van der Waals surface area (Å²) in [5.41, 5.74) is 0.300. The average Bonchev–Trinajstić information content (AvgIpc) is 2.89. The fraction of sp³-hybridized carbons (Fsp3) is 0.615. The Morgan fingerprint density at radius 2 is 2.05 bits per heavy atom. The van der Waals surface area contributed by atoms with E-state index in [1.165, 1.54) is 11.3 Å². The largest absolute Gasteiger partial charge is 0.461 e. The lowest BCUT2D eigenvalue weighted by Gasteiger charge is -2.18. The Morgan fingerprint density at radius 1 is 1.35 bits per heavy atom. The second-order valence-corrected chi connectivity index (χ2v) is 4.86. The molecule has 0 saturated heterocycles. The van der Waals surface area contributed by atoms with E-state index in [1.54, 1.807) is 17.2 Å². The van der Waals surface area contributed by atoms with E-state index >= 15 is 0 Å². The number of hydrogen-bond donors (Lipinski definition) is 1. The molecular formula is C13H21N3O3S. The highest BCUT2D eigenvalue weighted by Crippen LogP contribution is 2.16. The number of thiazole rings is 1. The number of esters is 1. The minimum atomic E-state index is -0.420. The van der Waals surface area contributed by atoms with Gasteiger partial charge in [0.1, 0.15) is 0 Å². The van der Waals surface area contributed by atoms with Crippen LogP contribution in [0.15, 0.2) is 5.38 Å². The zero-order valence-electron chi connectivity index (χ0n) is 12.1. The van der Waals surface area contributed by atoms with Crippen LogP contribution in [0.3, 0.4) is 0 Å². The fourth-order valence-corrected chi connectivity index (χ4v) is 2.37. The fourth-order valence-electron chi connectivity index (χ4n) is 1.66. The van der Waals surface area contributed by atoms with Gasteiger partial charge in [0.2, 0.25) is 5.91 Å². The summed E-state index contributed by atoms with van der Waals surface area (Å²) >= 11 is 1.33. The van der Waals surface area contributed by atoms with Gasteiger partial charge >= 0.3 is 5.97 Å². The van der Waals surface area contributed by atoms with Gasteiger partial charge in [-0.25, -0.2) is 9.78 Å². The van der Waals surface area contributed by atoms with E-state index < -0.39 is 5.97 Å². The highest BCUT2D eigenvalue weighted by Gasteiger charge is 2.12. The molecule has 1 rings (SSSR count). The lowest BCUT2D eigenvalue weighted by Crippen LogP contribution is -2.31. The summed E-state index contributed by atoms with van der Waals surface area (Å²) in [5, 5.41) is 5.32. The van der Waals surface area contributed by atoms with Crippen LogP contribution in [0, 0.1) is 0 Å². The van der Waals surface area contributed by atoms with Gasteiger partial charge in [-0.15, -0.1) is 11.3 Å². The minimum absolute atomic E-state index is 0.115. The zero-order valence-corrected chi connectivity index (χ0v) is 13.0. The number of aromatic nitrogens is 1. The first-order chi connectivity index (χ1) is 9.62. The Labute approximate surface area is 123 Å². The van der Waals surface area contributed by atoms with Crippen LogP contribution in [0.5, 0.6) is 0 Å². The van der Waals surface area contributed by atoms with Crippen molar-refractivity contribution in [2.45, 2.75) is 27.2 Å². The van der Waals surface area contributed by atoms with Crippen molar-refractivity contribution in [1.82, 2.24) is 9.88 Å². The molecule has 0 aliphatic rings. The molecule has 0 aliphatic heterocycles. The van der Waals surface area contributed by atoms with Gasteiger partial charge in [0.15, 0.2) is 10.8 Å². The van der Waals surface area contributed by atoms with Crippen molar-refractivity contribution in [3.63, 3.8) is 0 Å². The Hall–Kier alpha value is -1.63. The quantitative estimate of drug-likeness (QED) is 0.743. The Kier molecular flexibility index (Phi) is 7.00. The van der Waals surface area contributed by atoms with Gasteiger partial charge in [-0.2, -0.15) is 0 Å². The topological polar surface area (TPSA) is 71.5 Å². The molecule has 1 aromatic heterocycles. The molecule has 0 aromatic carbocycles. The SMILES string of the molecule is CCOC(=O)c1csc(NCCC(=O)N(CC)CC)n1. The van der Waals surface area contributed by atoms with Gasteiger partial charge in [-0.05, 0) is 20.8 Å². The van der Waals surface area contributed by atoms with Crippen LogP contribution in [0.1, 0.15) is 37.7 Å². The number of carbonyl (C=O) groups is 2. The zero-order chi connectivity index (χ0) is 15.0. The second-order valence-electron chi connectivity index (χ2n) is 4.00. The lowest BCUT2D eigenvalue weighted by molar-refractivity contribution is -0.130. The standard InChI is InChI=1S/C13H21N3O3S/c1-4-16(5-2)11(17)7-8-14-13-15-10(9-20-13)12(18)19-6-3/h9H,4-8H2,1-3H3,(H,14,15). The molecule has 112 valence electrons. The van der Waals surface area contributed by atoms with Crippen LogP contribution in [0.25, 0.3) is 0 Å². The van der Waals surface area contributed by atoms with Gasteiger partial charge in [0.05, 0.1) is 6.61 Å². The number of nitrogens with one attached hydrogen (secondary N) is 1. The van der Waals surface area contributed by atoms with Gasteiger partial charge in [0.25, 0.3) is 0 Å². The molecular weight excluding hydrogens is 278 g/mol. The normalized spacial score (nSPS) is 10.2. The summed E-state index contributed by atoms with van der Waals surface area (Å²) in [5.74, 6) is -0.305. The number of anilines is 1. The smallest absolute Gasteiger partial charge is 0.357 e. The van der Waals surface area contributed by atoms with E-state index in [9.17, 15) is 9.59 Å². The molecule has 0 bridgehead atoms. The van der Waals surface area contributed by atoms with Gasteiger partial charge < -0.3 is 15.0 Å². The van der Waals surface area contributed by atoms with Crippen molar-refractivity contribution < 1.29 is 14.3 Å². The van der Waals surface area contributed by atoms with Crippen molar-refractivity contribution in [2.75, 3.05) is 31.6 Å². The molecule has 7 heteroatoms. The van der Waals surface area contributed by atoms with Crippen molar-refractivity contribution in [1.29, 1.82) is 0 Å². The third-order valence-corrected chi connectivity index (χ3v) is 3.52. The number of rotatable bonds is 8. The molecule has 6 nitrogen and oxygen atoms in total. The molecule has 0 unspecified atom stereocenters. The van der Waals surface area contributed by atoms with Crippen molar-refractivity contribution in [2.24, 2.45) is 0 Å². The highest BCUT2D eigenvalue weighted by molar-refractivity contribution is 7.13. The Morgan fingerprint density at radius 3 is 2.65 bits per heavy atom. The van der Waals surface area contributed by atoms with Crippen molar-refractivity contribution in [3.05, 3.63) is 11.1 Å². The van der Waals surface area contributed by atoms with E-state index in [-0.39, 0.29) is 5.91 Å². The molecule has 0 spiro atoms. The summed E-state index contributed by atoms with van der Waals surface area (Å²) in [6.07, 6.45) is 0.413. The molecule has 0 aliphatic carbocycles. The molecule has 0 saturated carbocycles. The van der Waals surface area contributed by atoms with Gasteiger partial charge in [0, 0.05) is 31.4 Å². The van der Waals surface area contributed by atoms with Crippen LogP contribution in [-0.2, 0) is 9.53 Å². The maximum atomic E-state index is 11.8. The first kappa shape index (κ1) is 16.4. The van der Waals surface area contributed by atoms with Crippen LogP contribution < -0.4 is 5.32 Å². The van der Waals surface area contributed by atoms with E-state index in [1.807, 2.05) is 13.8 Å². The maximum Gasteiger partial charge on any atom is 0.357 e. The molecule has 1 amide bonds. The molecule has 0 radical (unpaired) electrons. The van der Waals surface area contributed by atoms with Gasteiger partial charge in [-0.1, -0.05) is 0 Å². The number of ether oxygens (including phenoxy) is 1. The predicted octanol–water partition coefficient (Wildman–Crippen LogP) is 1.99. The maximum absolute atomic E-state index is 11.8. The number of carbonyl (C=O) groups excluding carboxylic acids is 2. The second kappa shape index (κ2) is 8.52. The lowest BCUT2D eigenvalue weighted by atomic mass is 10.3. The van der Waals surface area contributed by atoms with Crippen LogP contribution in [0.2, 0.25) is 0 Å². The number of amides is 1. The van der Waals surface area contributed by atoms with E-state index in [0.29, 0.717) is 30.4 Å². The number of nitrogens with zero attached hydrogens (tertiary/aromatic N) is 2. The van der Waals surface area contributed by atoms with E-state index in [2.05, 4.69) is 10.3 Å². The molecule has 0 fully saturated rings. The highest BCUT2D eigenvalue weighted by atomic mass is 32.1. The summed E-state index contributed by atoms with van der Waals surface area (Å²) < 4.78 is 4.86. The summed E-state index contributed by atoms with van der Waals surface area (Å²) in [6, 6.07) is 0. The van der Waals surface area contributed by atoms with E-state index in [0.717, 1.165) is 13.1 Å². The predicted molar refractivity (Wildman–Crippen MR) is 79.1 cm³/mol. The molecule has 1 N–H and O–H groups in total. The summed E-state index contributed by atoms with van der Waals surface area (Å²) in [4.78, 5) is 29.1.